The van der Waals surface area contributed by atoms with Crippen molar-refractivity contribution < 1.29 is 31.8 Å². The lowest BCUT2D eigenvalue weighted by Crippen LogP contribution is -2.19. The molecule has 0 aromatic heterocycles. The number of halogens is 4. The number of hydrogen-bond acceptors (Lipinski definition) is 3. The van der Waals surface area contributed by atoms with Crippen LogP contribution in [0.3, 0.4) is 0 Å². The van der Waals surface area contributed by atoms with Crippen molar-refractivity contribution in [3.8, 4) is 5.75 Å². The third kappa shape index (κ3) is 4.23. The van der Waals surface area contributed by atoms with Crippen LogP contribution < -0.4 is 4.74 Å². The van der Waals surface area contributed by atoms with Gasteiger partial charge in [-0.15, -0.1) is 13.2 Å². The molecule has 7 heteroatoms. The number of carbonyl (C=O) groups excluding carboxylic acids is 1. The molecule has 0 aliphatic rings. The fourth-order valence-electron chi connectivity index (χ4n) is 1.29. The zero-order chi connectivity index (χ0) is 13.8. The van der Waals surface area contributed by atoms with Gasteiger partial charge in [0.1, 0.15) is 11.6 Å². The summed E-state index contributed by atoms with van der Waals surface area (Å²) in [4.78, 5) is 11.2. The smallest absolute Gasteiger partial charge is 0.466 e. The highest BCUT2D eigenvalue weighted by Gasteiger charge is 2.33. The second-order valence-corrected chi connectivity index (χ2v) is 3.25. The molecule has 0 atom stereocenters. The van der Waals surface area contributed by atoms with E-state index in [2.05, 4.69) is 9.47 Å². The van der Waals surface area contributed by atoms with Gasteiger partial charge in [0.05, 0.1) is 13.0 Å². The molecule has 0 unspecified atom stereocenters. The summed E-state index contributed by atoms with van der Waals surface area (Å²) in [6.07, 6.45) is -5.57. The molecule has 0 spiro atoms. The highest BCUT2D eigenvalue weighted by Crippen LogP contribution is 2.28. The summed E-state index contributed by atoms with van der Waals surface area (Å²) in [5, 5.41) is 0. The van der Waals surface area contributed by atoms with E-state index < -0.39 is 35.9 Å². The molecule has 18 heavy (non-hydrogen) atoms. The van der Waals surface area contributed by atoms with Crippen LogP contribution in [0.2, 0.25) is 0 Å². The van der Waals surface area contributed by atoms with E-state index in [9.17, 15) is 22.4 Å². The molecule has 0 radical (unpaired) electrons. The van der Waals surface area contributed by atoms with Crippen molar-refractivity contribution in [1.82, 2.24) is 0 Å². The lowest BCUT2D eigenvalue weighted by molar-refractivity contribution is -0.275. The van der Waals surface area contributed by atoms with Gasteiger partial charge in [-0.1, -0.05) is 6.07 Å². The summed E-state index contributed by atoms with van der Waals surface area (Å²) in [7, 11) is 0. The largest absolute Gasteiger partial charge is 0.573 e. The summed E-state index contributed by atoms with van der Waals surface area (Å²) in [5.74, 6) is -2.52. The van der Waals surface area contributed by atoms with E-state index in [-0.39, 0.29) is 6.61 Å². The Hall–Kier alpha value is -1.79. The van der Waals surface area contributed by atoms with Gasteiger partial charge < -0.3 is 9.47 Å². The van der Waals surface area contributed by atoms with Gasteiger partial charge in [-0.05, 0) is 19.1 Å². The Kier molecular flexibility index (Phi) is 4.52. The van der Waals surface area contributed by atoms with Gasteiger partial charge >= 0.3 is 12.3 Å². The highest BCUT2D eigenvalue weighted by molar-refractivity contribution is 5.73. The number of alkyl halides is 3. The Morgan fingerprint density at radius 1 is 1.33 bits per heavy atom. The summed E-state index contributed by atoms with van der Waals surface area (Å²) in [6, 6.07) is 2.94. The normalized spacial score (nSPS) is 11.2. The predicted molar refractivity (Wildman–Crippen MR) is 53.4 cm³/mol. The van der Waals surface area contributed by atoms with Crippen LogP contribution in [-0.4, -0.2) is 18.9 Å². The van der Waals surface area contributed by atoms with Crippen molar-refractivity contribution in [2.45, 2.75) is 19.7 Å². The fourth-order valence-corrected chi connectivity index (χ4v) is 1.29. The zero-order valence-corrected chi connectivity index (χ0v) is 9.38. The predicted octanol–water partition coefficient (Wildman–Crippen LogP) is 2.83. The Labute approximate surface area is 100 Å². The quantitative estimate of drug-likeness (QED) is 0.621. The van der Waals surface area contributed by atoms with Crippen molar-refractivity contribution in [3.63, 3.8) is 0 Å². The van der Waals surface area contributed by atoms with Crippen LogP contribution >= 0.6 is 0 Å². The number of rotatable bonds is 4. The molecule has 0 heterocycles. The van der Waals surface area contributed by atoms with Gasteiger partial charge in [0, 0.05) is 5.56 Å². The van der Waals surface area contributed by atoms with Gasteiger partial charge in [0.25, 0.3) is 0 Å². The molecule has 0 fully saturated rings. The topological polar surface area (TPSA) is 35.5 Å². The van der Waals surface area contributed by atoms with Crippen LogP contribution in [0.5, 0.6) is 5.75 Å². The first-order valence-corrected chi connectivity index (χ1v) is 5.02. The van der Waals surface area contributed by atoms with Crippen LogP contribution in [0.25, 0.3) is 0 Å². The first-order valence-electron chi connectivity index (χ1n) is 5.02. The Balaban J connectivity index is 2.97. The van der Waals surface area contributed by atoms with Gasteiger partial charge in [0.2, 0.25) is 0 Å². The molecule has 0 amide bonds. The molecule has 0 saturated carbocycles. The summed E-state index contributed by atoms with van der Waals surface area (Å²) >= 11 is 0. The third-order valence-corrected chi connectivity index (χ3v) is 1.93. The maximum Gasteiger partial charge on any atom is 0.573 e. The van der Waals surface area contributed by atoms with E-state index in [1.807, 2.05) is 0 Å². The van der Waals surface area contributed by atoms with Crippen LogP contribution in [0.15, 0.2) is 18.2 Å². The first kappa shape index (κ1) is 14.3. The molecule has 1 rings (SSSR count). The van der Waals surface area contributed by atoms with Crippen LogP contribution in [0.4, 0.5) is 17.6 Å². The molecule has 0 aliphatic carbocycles. The maximum absolute atomic E-state index is 13.4. The maximum atomic E-state index is 13.4. The highest BCUT2D eigenvalue weighted by atomic mass is 19.4. The SMILES string of the molecule is CCOC(=O)Cc1c(F)cccc1OC(F)(F)F. The third-order valence-electron chi connectivity index (χ3n) is 1.93. The van der Waals surface area contributed by atoms with Crippen molar-refractivity contribution in [2.24, 2.45) is 0 Å². The van der Waals surface area contributed by atoms with Crippen LogP contribution in [-0.2, 0) is 16.0 Å². The molecule has 0 bridgehead atoms. The van der Waals surface area contributed by atoms with E-state index in [4.69, 9.17) is 0 Å². The average molecular weight is 266 g/mol. The number of hydrogen-bond donors (Lipinski definition) is 0. The van der Waals surface area contributed by atoms with E-state index in [1.165, 1.54) is 6.92 Å². The van der Waals surface area contributed by atoms with Crippen LogP contribution in [0, 0.1) is 5.82 Å². The summed E-state index contributed by atoms with van der Waals surface area (Å²) in [6.45, 7) is 1.59. The summed E-state index contributed by atoms with van der Waals surface area (Å²) < 4.78 is 57.8. The minimum absolute atomic E-state index is 0.0583. The van der Waals surface area contributed by atoms with Crippen molar-refractivity contribution in [2.75, 3.05) is 6.61 Å². The number of benzene rings is 1. The number of ether oxygens (including phenoxy) is 2. The molecule has 0 N–H and O–H groups in total. The van der Waals surface area contributed by atoms with Crippen molar-refractivity contribution in [1.29, 1.82) is 0 Å². The van der Waals surface area contributed by atoms with Gasteiger partial charge in [-0.3, -0.25) is 4.79 Å². The molecular formula is C11H10F4O3. The second-order valence-electron chi connectivity index (χ2n) is 3.25. The molecule has 3 nitrogen and oxygen atoms in total. The minimum Gasteiger partial charge on any atom is -0.466 e. The number of carbonyl (C=O) groups is 1. The fraction of sp³-hybridized carbons (Fsp3) is 0.364. The minimum atomic E-state index is -4.95. The Bertz CT molecular complexity index is 429. The molecular weight excluding hydrogens is 256 g/mol. The van der Waals surface area contributed by atoms with E-state index in [0.717, 1.165) is 18.2 Å². The summed E-state index contributed by atoms with van der Waals surface area (Å²) in [5.41, 5.74) is -0.478. The second kappa shape index (κ2) is 5.70. The van der Waals surface area contributed by atoms with Crippen LogP contribution in [0.1, 0.15) is 12.5 Å². The number of esters is 1. The zero-order valence-electron chi connectivity index (χ0n) is 9.38. The first-order chi connectivity index (χ1) is 8.33. The molecule has 0 aliphatic heterocycles. The monoisotopic (exact) mass is 266 g/mol. The van der Waals surface area contributed by atoms with E-state index >= 15 is 0 Å². The molecule has 100 valence electrons. The van der Waals surface area contributed by atoms with Gasteiger partial charge in [-0.25, -0.2) is 4.39 Å². The molecule has 1 aromatic rings. The van der Waals surface area contributed by atoms with Gasteiger partial charge in [0.15, 0.2) is 0 Å². The lowest BCUT2D eigenvalue weighted by atomic mass is 10.1. The van der Waals surface area contributed by atoms with E-state index in [1.54, 1.807) is 0 Å². The van der Waals surface area contributed by atoms with E-state index in [0.29, 0.717) is 0 Å². The lowest BCUT2D eigenvalue weighted by Gasteiger charge is -2.13. The van der Waals surface area contributed by atoms with Crippen molar-refractivity contribution >= 4 is 5.97 Å². The molecule has 0 saturated heterocycles. The standard InChI is InChI=1S/C11H10F4O3/c1-2-17-10(16)6-7-8(12)4-3-5-9(7)18-11(13,14)15/h3-5H,2,6H2,1H3. The van der Waals surface area contributed by atoms with Gasteiger partial charge in [-0.2, -0.15) is 0 Å². The Morgan fingerprint density at radius 2 is 2.00 bits per heavy atom. The van der Waals surface area contributed by atoms with Crippen molar-refractivity contribution in [3.05, 3.63) is 29.6 Å². The molecule has 1 aromatic carbocycles. The average Bonchev–Trinajstić information content (AvgIpc) is 2.21. The Morgan fingerprint density at radius 3 is 2.56 bits per heavy atom.